The van der Waals surface area contributed by atoms with Gasteiger partial charge in [-0.05, 0) is 24.5 Å². The second-order valence-corrected chi connectivity index (χ2v) is 4.07. The van der Waals surface area contributed by atoms with E-state index in [1.807, 2.05) is 0 Å². The van der Waals surface area contributed by atoms with Gasteiger partial charge in [0.2, 0.25) is 5.12 Å². The summed E-state index contributed by atoms with van der Waals surface area (Å²) in [4.78, 5) is 22.3. The van der Waals surface area contributed by atoms with Crippen LogP contribution in [0.1, 0.15) is 22.8 Å². The quantitative estimate of drug-likeness (QED) is 0.615. The molecule has 0 saturated heterocycles. The first kappa shape index (κ1) is 14.6. The van der Waals surface area contributed by atoms with Crippen LogP contribution < -0.4 is 4.74 Å². The topological polar surface area (TPSA) is 43.4 Å². The summed E-state index contributed by atoms with van der Waals surface area (Å²) in [7, 11) is 0. The van der Waals surface area contributed by atoms with Crippen LogP contribution in [0.2, 0.25) is 0 Å². The molecule has 3 nitrogen and oxygen atoms in total. The average Bonchev–Trinajstić information content (AvgIpc) is 2.26. The van der Waals surface area contributed by atoms with E-state index in [9.17, 15) is 22.8 Å². The highest BCUT2D eigenvalue weighted by Gasteiger charge is 2.32. The molecule has 0 aliphatic carbocycles. The van der Waals surface area contributed by atoms with Gasteiger partial charge in [-0.2, -0.15) is 13.2 Å². The van der Waals surface area contributed by atoms with Gasteiger partial charge in [-0.1, -0.05) is 11.8 Å². The maximum atomic E-state index is 12.5. The molecule has 1 rings (SSSR count). The van der Waals surface area contributed by atoms with Crippen molar-refractivity contribution in [1.82, 2.24) is 0 Å². The van der Waals surface area contributed by atoms with Crippen molar-refractivity contribution in [2.45, 2.75) is 13.1 Å². The van der Waals surface area contributed by atoms with Crippen molar-refractivity contribution < 1.29 is 27.5 Å². The Hall–Kier alpha value is -1.50. The molecule has 1 aromatic carbocycles. The molecular formula is C11H9F3O3S. The zero-order valence-electron chi connectivity index (χ0n) is 9.50. The number of halogens is 3. The lowest BCUT2D eigenvalue weighted by atomic mass is 10.1. The Kier molecular flexibility index (Phi) is 4.39. The van der Waals surface area contributed by atoms with Crippen molar-refractivity contribution in [1.29, 1.82) is 0 Å². The number of hydrogen-bond acceptors (Lipinski definition) is 4. The third-order valence-electron chi connectivity index (χ3n) is 1.97. The molecule has 0 fully saturated rings. The molecule has 0 aliphatic rings. The van der Waals surface area contributed by atoms with Crippen LogP contribution in [0.3, 0.4) is 0 Å². The third kappa shape index (κ3) is 3.49. The van der Waals surface area contributed by atoms with E-state index in [4.69, 9.17) is 0 Å². The Morgan fingerprint density at radius 2 is 1.89 bits per heavy atom. The summed E-state index contributed by atoms with van der Waals surface area (Å²) in [5.41, 5.74) is -1.04. The second-order valence-electron chi connectivity index (χ2n) is 3.29. The Bertz CT molecular complexity index is 483. The van der Waals surface area contributed by atoms with Crippen LogP contribution in [0.5, 0.6) is 5.75 Å². The van der Waals surface area contributed by atoms with Crippen molar-refractivity contribution in [3.63, 3.8) is 0 Å². The van der Waals surface area contributed by atoms with Gasteiger partial charge in [0.15, 0.2) is 0 Å². The molecule has 0 amide bonds. The lowest BCUT2D eigenvalue weighted by molar-refractivity contribution is -0.138. The van der Waals surface area contributed by atoms with E-state index >= 15 is 0 Å². The van der Waals surface area contributed by atoms with Crippen molar-refractivity contribution in [3.05, 3.63) is 29.3 Å². The number of alkyl halides is 3. The highest BCUT2D eigenvalue weighted by molar-refractivity contribution is 8.13. The van der Waals surface area contributed by atoms with E-state index in [0.717, 1.165) is 30.8 Å². The number of rotatable bonds is 2. The van der Waals surface area contributed by atoms with Crippen molar-refractivity contribution in [2.75, 3.05) is 6.26 Å². The molecule has 0 spiro atoms. The number of carbonyl (C=O) groups excluding carboxylic acids is 2. The molecule has 0 radical (unpaired) electrons. The molecule has 0 heterocycles. The lowest BCUT2D eigenvalue weighted by Gasteiger charge is -2.11. The highest BCUT2D eigenvalue weighted by atomic mass is 32.2. The van der Waals surface area contributed by atoms with Gasteiger partial charge in [0.05, 0.1) is 11.1 Å². The standard InChI is InChI=1S/C11H9F3O3S/c1-6(15)17-9-5-7(11(12,13)14)3-4-8(9)10(16)18-2/h3-5H,1-2H3. The molecule has 98 valence electrons. The first-order valence-corrected chi connectivity index (χ1v) is 5.96. The van der Waals surface area contributed by atoms with E-state index in [0.29, 0.717) is 6.07 Å². The SMILES string of the molecule is CSC(=O)c1ccc(C(F)(F)F)cc1OC(C)=O. The number of hydrogen-bond donors (Lipinski definition) is 0. The Balaban J connectivity index is 3.29. The first-order chi connectivity index (χ1) is 8.25. The zero-order chi connectivity index (χ0) is 13.9. The van der Waals surface area contributed by atoms with E-state index in [-0.39, 0.29) is 11.3 Å². The molecule has 0 N–H and O–H groups in total. The summed E-state index contributed by atoms with van der Waals surface area (Å²) in [6, 6.07) is 2.42. The molecule has 0 atom stereocenters. The summed E-state index contributed by atoms with van der Waals surface area (Å²) in [5.74, 6) is -1.17. The van der Waals surface area contributed by atoms with Gasteiger partial charge in [-0.25, -0.2) is 0 Å². The van der Waals surface area contributed by atoms with Crippen LogP contribution >= 0.6 is 11.8 Å². The summed E-state index contributed by atoms with van der Waals surface area (Å²) in [6.45, 7) is 1.05. The van der Waals surface area contributed by atoms with Crippen molar-refractivity contribution in [2.24, 2.45) is 0 Å². The maximum Gasteiger partial charge on any atom is 0.416 e. The minimum absolute atomic E-state index is 0.0642. The fourth-order valence-electron chi connectivity index (χ4n) is 1.22. The largest absolute Gasteiger partial charge is 0.426 e. The number of ether oxygens (including phenoxy) is 1. The smallest absolute Gasteiger partial charge is 0.416 e. The van der Waals surface area contributed by atoms with Crippen LogP contribution in [0.4, 0.5) is 13.2 Å². The average molecular weight is 278 g/mol. The van der Waals surface area contributed by atoms with E-state index in [1.54, 1.807) is 0 Å². The van der Waals surface area contributed by atoms with Crippen molar-refractivity contribution in [3.8, 4) is 5.75 Å². The number of thioether (sulfide) groups is 1. The molecule has 0 unspecified atom stereocenters. The molecule has 0 aliphatic heterocycles. The predicted octanol–water partition coefficient (Wildman–Crippen LogP) is 3.13. The highest BCUT2D eigenvalue weighted by Crippen LogP contribution is 2.34. The number of benzene rings is 1. The summed E-state index contributed by atoms with van der Waals surface area (Å²) in [5, 5.41) is -0.472. The van der Waals surface area contributed by atoms with Crippen LogP contribution in [0, 0.1) is 0 Å². The Labute approximate surface area is 105 Å². The summed E-state index contributed by atoms with van der Waals surface area (Å²) >= 11 is 0.821. The predicted molar refractivity (Wildman–Crippen MR) is 60.6 cm³/mol. The minimum atomic E-state index is -4.56. The second kappa shape index (κ2) is 5.43. The normalized spacial score (nSPS) is 11.2. The van der Waals surface area contributed by atoms with Crippen LogP contribution in [-0.2, 0) is 11.0 Å². The molecule has 18 heavy (non-hydrogen) atoms. The molecule has 0 aromatic heterocycles. The zero-order valence-corrected chi connectivity index (χ0v) is 10.3. The van der Waals surface area contributed by atoms with Crippen molar-refractivity contribution >= 4 is 22.8 Å². The lowest BCUT2D eigenvalue weighted by Crippen LogP contribution is -2.10. The van der Waals surface area contributed by atoms with Gasteiger partial charge in [-0.3, -0.25) is 9.59 Å². The fraction of sp³-hybridized carbons (Fsp3) is 0.273. The van der Waals surface area contributed by atoms with Gasteiger partial charge >= 0.3 is 12.1 Å². The summed E-state index contributed by atoms with van der Waals surface area (Å²) < 4.78 is 42.1. The van der Waals surface area contributed by atoms with Crippen LogP contribution in [0.25, 0.3) is 0 Å². The Morgan fingerprint density at radius 3 is 2.33 bits per heavy atom. The van der Waals surface area contributed by atoms with Crippen LogP contribution in [-0.4, -0.2) is 17.3 Å². The maximum absolute atomic E-state index is 12.5. The Morgan fingerprint density at radius 1 is 1.28 bits per heavy atom. The molecule has 7 heteroatoms. The third-order valence-corrected chi connectivity index (χ3v) is 2.56. The molecule has 0 bridgehead atoms. The van der Waals surface area contributed by atoms with E-state index < -0.39 is 22.8 Å². The number of carbonyl (C=O) groups is 2. The van der Waals surface area contributed by atoms with Gasteiger partial charge in [0, 0.05) is 6.92 Å². The monoisotopic (exact) mass is 278 g/mol. The fourth-order valence-corrected chi connectivity index (χ4v) is 1.61. The number of esters is 1. The first-order valence-electron chi connectivity index (χ1n) is 4.73. The van der Waals surface area contributed by atoms with Crippen LogP contribution in [0.15, 0.2) is 18.2 Å². The van der Waals surface area contributed by atoms with Gasteiger partial charge in [-0.15, -0.1) is 0 Å². The molecule has 1 aromatic rings. The van der Waals surface area contributed by atoms with E-state index in [2.05, 4.69) is 4.74 Å². The molecular weight excluding hydrogens is 269 g/mol. The van der Waals surface area contributed by atoms with Gasteiger partial charge in [0.25, 0.3) is 0 Å². The molecule has 0 saturated carbocycles. The minimum Gasteiger partial charge on any atom is -0.426 e. The van der Waals surface area contributed by atoms with Gasteiger partial charge in [0.1, 0.15) is 5.75 Å². The van der Waals surface area contributed by atoms with E-state index in [1.165, 1.54) is 6.26 Å². The van der Waals surface area contributed by atoms with Gasteiger partial charge < -0.3 is 4.74 Å². The summed E-state index contributed by atoms with van der Waals surface area (Å²) in [6.07, 6.45) is -3.08.